The van der Waals surface area contributed by atoms with E-state index in [1.165, 1.54) is 17.7 Å². The summed E-state index contributed by atoms with van der Waals surface area (Å²) in [6, 6.07) is 12.3. The number of piperazine rings is 1. The molecule has 30 heavy (non-hydrogen) atoms. The fourth-order valence-electron chi connectivity index (χ4n) is 3.66. The third-order valence-electron chi connectivity index (χ3n) is 5.36. The van der Waals surface area contributed by atoms with Crippen LogP contribution in [0.2, 0.25) is 0 Å². The maximum atomic E-state index is 13.1. The summed E-state index contributed by atoms with van der Waals surface area (Å²) < 4.78 is 29.7. The molecule has 0 N–H and O–H groups in total. The first-order valence-corrected chi connectivity index (χ1v) is 10.0. The fraction of sp³-hybridized carbons (Fsp3) is 0.348. The highest BCUT2D eigenvalue weighted by atomic mass is 19.1. The third kappa shape index (κ3) is 4.80. The van der Waals surface area contributed by atoms with Gasteiger partial charge in [-0.25, -0.2) is 9.37 Å². The minimum absolute atomic E-state index is 0.260. The Bertz CT molecular complexity index is 966. The Kier molecular flexibility index (Phi) is 6.30. The third-order valence-corrected chi connectivity index (χ3v) is 5.36. The minimum atomic E-state index is -0.260. The molecule has 158 valence electrons. The predicted octanol–water partition coefficient (Wildman–Crippen LogP) is 3.82. The van der Waals surface area contributed by atoms with E-state index in [0.29, 0.717) is 18.2 Å². The molecule has 0 unspecified atom stereocenters. The van der Waals surface area contributed by atoms with Gasteiger partial charge in [0.25, 0.3) is 0 Å². The number of rotatable bonds is 7. The number of aromatic nitrogens is 1. The molecular weight excluding hydrogens is 385 g/mol. The Morgan fingerprint density at radius 1 is 0.900 bits per heavy atom. The molecule has 0 bridgehead atoms. The highest BCUT2D eigenvalue weighted by molar-refractivity contribution is 5.55. The Morgan fingerprint density at radius 3 is 2.23 bits per heavy atom. The second-order valence-corrected chi connectivity index (χ2v) is 7.37. The summed E-state index contributed by atoms with van der Waals surface area (Å²) >= 11 is 0. The lowest BCUT2D eigenvalue weighted by Gasteiger charge is -2.34. The average Bonchev–Trinajstić information content (AvgIpc) is 3.24. The van der Waals surface area contributed by atoms with Crippen molar-refractivity contribution in [3.05, 3.63) is 65.9 Å². The Labute approximate surface area is 175 Å². The van der Waals surface area contributed by atoms with Gasteiger partial charge in [-0.05, 0) is 42.0 Å². The molecule has 0 aliphatic carbocycles. The molecule has 1 aliphatic heterocycles. The van der Waals surface area contributed by atoms with Crippen molar-refractivity contribution in [2.24, 2.45) is 0 Å². The molecule has 7 heteroatoms. The Morgan fingerprint density at radius 2 is 1.57 bits per heavy atom. The maximum absolute atomic E-state index is 13.1. The van der Waals surface area contributed by atoms with Crippen LogP contribution in [0.15, 0.2) is 53.1 Å². The number of hydrogen-bond donors (Lipinski definition) is 0. The van der Waals surface area contributed by atoms with Crippen molar-refractivity contribution in [1.82, 2.24) is 14.8 Å². The van der Waals surface area contributed by atoms with Gasteiger partial charge in [0.2, 0.25) is 5.89 Å². The zero-order valence-electron chi connectivity index (χ0n) is 17.3. The van der Waals surface area contributed by atoms with E-state index in [9.17, 15) is 4.39 Å². The van der Waals surface area contributed by atoms with Gasteiger partial charge in [-0.3, -0.25) is 9.80 Å². The van der Waals surface area contributed by atoms with Crippen LogP contribution in [0.5, 0.6) is 11.5 Å². The maximum Gasteiger partial charge on any atom is 0.209 e. The summed E-state index contributed by atoms with van der Waals surface area (Å²) in [5.74, 6) is 2.59. The zero-order valence-corrected chi connectivity index (χ0v) is 17.3. The molecule has 2 heterocycles. The smallest absolute Gasteiger partial charge is 0.209 e. The molecule has 1 saturated heterocycles. The SMILES string of the molecule is COc1ccc(CN2CCN(Cc3ncc(-c4ccc(F)cc4)o3)CC2)cc1OC. The quantitative estimate of drug-likeness (QED) is 0.589. The largest absolute Gasteiger partial charge is 0.493 e. The van der Waals surface area contributed by atoms with Crippen molar-refractivity contribution in [3.63, 3.8) is 0 Å². The summed E-state index contributed by atoms with van der Waals surface area (Å²) in [5, 5.41) is 0. The van der Waals surface area contributed by atoms with Gasteiger partial charge < -0.3 is 13.9 Å². The molecule has 0 saturated carbocycles. The Hall–Kier alpha value is -2.90. The van der Waals surface area contributed by atoms with Gasteiger partial charge in [-0.1, -0.05) is 6.07 Å². The van der Waals surface area contributed by atoms with Crippen molar-refractivity contribution >= 4 is 0 Å². The molecule has 1 aromatic heterocycles. The van der Waals surface area contributed by atoms with Crippen LogP contribution in [-0.4, -0.2) is 55.2 Å². The second kappa shape index (κ2) is 9.28. The van der Waals surface area contributed by atoms with Crippen LogP contribution in [-0.2, 0) is 13.1 Å². The number of benzene rings is 2. The Balaban J connectivity index is 1.29. The number of nitrogens with zero attached hydrogens (tertiary/aromatic N) is 3. The highest BCUT2D eigenvalue weighted by Crippen LogP contribution is 2.28. The van der Waals surface area contributed by atoms with Crippen molar-refractivity contribution in [3.8, 4) is 22.8 Å². The molecule has 4 rings (SSSR count). The molecule has 0 radical (unpaired) electrons. The number of methoxy groups -OCH3 is 2. The van der Waals surface area contributed by atoms with E-state index in [0.717, 1.165) is 49.8 Å². The van der Waals surface area contributed by atoms with E-state index in [4.69, 9.17) is 13.9 Å². The lowest BCUT2D eigenvalue weighted by Crippen LogP contribution is -2.45. The summed E-state index contributed by atoms with van der Waals surface area (Å²) in [6.07, 6.45) is 1.70. The normalized spacial score (nSPS) is 15.3. The first kappa shape index (κ1) is 20.4. The van der Waals surface area contributed by atoms with Crippen LogP contribution in [0.3, 0.4) is 0 Å². The van der Waals surface area contributed by atoms with Crippen molar-refractivity contribution in [2.45, 2.75) is 13.1 Å². The zero-order chi connectivity index (χ0) is 20.9. The molecule has 0 spiro atoms. The van der Waals surface area contributed by atoms with Gasteiger partial charge in [0.05, 0.1) is 27.0 Å². The molecule has 1 fully saturated rings. The standard InChI is InChI=1S/C23H26FN3O3/c1-28-20-8-3-17(13-21(20)29-2)15-26-9-11-27(12-10-26)16-23-25-14-22(30-23)18-4-6-19(24)7-5-18/h3-8,13-14H,9-12,15-16H2,1-2H3. The lowest BCUT2D eigenvalue weighted by atomic mass is 10.1. The summed E-state index contributed by atoms with van der Waals surface area (Å²) in [4.78, 5) is 9.16. The van der Waals surface area contributed by atoms with Crippen LogP contribution < -0.4 is 9.47 Å². The van der Waals surface area contributed by atoms with Gasteiger partial charge >= 0.3 is 0 Å². The van der Waals surface area contributed by atoms with E-state index in [2.05, 4.69) is 20.9 Å². The first-order valence-electron chi connectivity index (χ1n) is 10.0. The monoisotopic (exact) mass is 411 g/mol. The van der Waals surface area contributed by atoms with Crippen LogP contribution in [0.4, 0.5) is 4.39 Å². The van der Waals surface area contributed by atoms with Gasteiger partial charge in [-0.15, -0.1) is 0 Å². The molecular formula is C23H26FN3O3. The van der Waals surface area contributed by atoms with Gasteiger partial charge in [0.1, 0.15) is 5.82 Å². The number of oxazole rings is 1. The van der Waals surface area contributed by atoms with Gasteiger partial charge in [-0.2, -0.15) is 0 Å². The number of hydrogen-bond acceptors (Lipinski definition) is 6. The molecule has 2 aromatic carbocycles. The lowest BCUT2D eigenvalue weighted by molar-refractivity contribution is 0.114. The topological polar surface area (TPSA) is 51.0 Å². The second-order valence-electron chi connectivity index (χ2n) is 7.37. The van der Waals surface area contributed by atoms with E-state index >= 15 is 0 Å². The predicted molar refractivity (Wildman–Crippen MR) is 112 cm³/mol. The molecule has 1 aliphatic rings. The fourth-order valence-corrected chi connectivity index (χ4v) is 3.66. The van der Waals surface area contributed by atoms with Gasteiger partial charge in [0, 0.05) is 38.3 Å². The highest BCUT2D eigenvalue weighted by Gasteiger charge is 2.19. The van der Waals surface area contributed by atoms with Gasteiger partial charge in [0.15, 0.2) is 17.3 Å². The first-order chi connectivity index (χ1) is 14.6. The van der Waals surface area contributed by atoms with Crippen molar-refractivity contribution < 1.29 is 18.3 Å². The summed E-state index contributed by atoms with van der Waals surface area (Å²) in [6.45, 7) is 5.39. The average molecular weight is 411 g/mol. The van der Waals surface area contributed by atoms with Crippen molar-refractivity contribution in [2.75, 3.05) is 40.4 Å². The summed E-state index contributed by atoms with van der Waals surface area (Å²) in [5.41, 5.74) is 2.03. The van der Waals surface area contributed by atoms with Crippen molar-refractivity contribution in [1.29, 1.82) is 0 Å². The minimum Gasteiger partial charge on any atom is -0.493 e. The number of ether oxygens (including phenoxy) is 2. The van der Waals surface area contributed by atoms with E-state index in [-0.39, 0.29) is 5.82 Å². The van der Waals surface area contributed by atoms with Crippen LogP contribution >= 0.6 is 0 Å². The van der Waals surface area contributed by atoms with E-state index in [1.807, 2.05) is 12.1 Å². The number of halogens is 1. The molecule has 0 atom stereocenters. The molecule has 3 aromatic rings. The van der Waals surface area contributed by atoms with Crippen LogP contribution in [0.1, 0.15) is 11.5 Å². The van der Waals surface area contributed by atoms with Crippen LogP contribution in [0.25, 0.3) is 11.3 Å². The summed E-state index contributed by atoms with van der Waals surface area (Å²) in [7, 11) is 3.30. The molecule has 6 nitrogen and oxygen atoms in total. The van der Waals surface area contributed by atoms with Crippen LogP contribution in [0, 0.1) is 5.82 Å². The molecule has 0 amide bonds. The van der Waals surface area contributed by atoms with E-state index < -0.39 is 0 Å². The van der Waals surface area contributed by atoms with E-state index in [1.54, 1.807) is 32.5 Å².